The Bertz CT molecular complexity index is 666. The van der Waals surface area contributed by atoms with Gasteiger partial charge in [0, 0.05) is 13.0 Å². The third-order valence-electron chi connectivity index (χ3n) is 3.69. The first-order valence-corrected chi connectivity index (χ1v) is 7.74. The predicted molar refractivity (Wildman–Crippen MR) is 90.4 cm³/mol. The van der Waals surface area contributed by atoms with Crippen molar-refractivity contribution in [1.29, 1.82) is 0 Å². The first kappa shape index (κ1) is 17.9. The van der Waals surface area contributed by atoms with Crippen molar-refractivity contribution >= 4 is 5.91 Å². The number of halogens is 1. The molecule has 0 unspecified atom stereocenters. The van der Waals surface area contributed by atoms with Gasteiger partial charge >= 0.3 is 0 Å². The SMILES string of the molecule is COc1ccc(C[C@](C)(O)CNC(=O)Cc2ccc(F)cc2)cc1. The van der Waals surface area contributed by atoms with E-state index in [1.54, 1.807) is 26.2 Å². The van der Waals surface area contributed by atoms with Gasteiger partial charge in [-0.1, -0.05) is 24.3 Å². The fourth-order valence-electron chi connectivity index (χ4n) is 2.38. The van der Waals surface area contributed by atoms with Crippen LogP contribution in [0.3, 0.4) is 0 Å². The van der Waals surface area contributed by atoms with Crippen LogP contribution in [0, 0.1) is 5.82 Å². The van der Waals surface area contributed by atoms with E-state index in [1.165, 1.54) is 12.1 Å². The molecule has 1 atom stereocenters. The average Bonchev–Trinajstić information content (AvgIpc) is 2.56. The van der Waals surface area contributed by atoms with Gasteiger partial charge in [0.25, 0.3) is 0 Å². The number of ether oxygens (including phenoxy) is 1. The Morgan fingerprint density at radius 2 is 1.71 bits per heavy atom. The van der Waals surface area contributed by atoms with Gasteiger partial charge in [-0.3, -0.25) is 4.79 Å². The topological polar surface area (TPSA) is 58.6 Å². The maximum Gasteiger partial charge on any atom is 0.224 e. The highest BCUT2D eigenvalue weighted by molar-refractivity contribution is 5.78. The highest BCUT2D eigenvalue weighted by Crippen LogP contribution is 2.16. The van der Waals surface area contributed by atoms with Crippen molar-refractivity contribution in [3.05, 3.63) is 65.5 Å². The van der Waals surface area contributed by atoms with Crippen LogP contribution >= 0.6 is 0 Å². The van der Waals surface area contributed by atoms with Crippen LogP contribution in [0.2, 0.25) is 0 Å². The Labute approximate surface area is 141 Å². The monoisotopic (exact) mass is 331 g/mol. The second kappa shape index (κ2) is 7.93. The lowest BCUT2D eigenvalue weighted by atomic mass is 9.96. The summed E-state index contributed by atoms with van der Waals surface area (Å²) in [5.74, 6) is 0.212. The minimum Gasteiger partial charge on any atom is -0.497 e. The predicted octanol–water partition coefficient (Wildman–Crippen LogP) is 2.49. The summed E-state index contributed by atoms with van der Waals surface area (Å²) in [5.41, 5.74) is 0.616. The minimum atomic E-state index is -1.06. The molecule has 0 aliphatic carbocycles. The van der Waals surface area contributed by atoms with E-state index in [4.69, 9.17) is 4.74 Å². The Balaban J connectivity index is 1.84. The lowest BCUT2D eigenvalue weighted by Crippen LogP contribution is -2.42. The third-order valence-corrected chi connectivity index (χ3v) is 3.69. The Morgan fingerprint density at radius 1 is 1.12 bits per heavy atom. The van der Waals surface area contributed by atoms with Crippen molar-refractivity contribution in [2.75, 3.05) is 13.7 Å². The molecule has 2 rings (SSSR count). The van der Waals surface area contributed by atoms with E-state index in [1.807, 2.05) is 24.3 Å². The fourth-order valence-corrected chi connectivity index (χ4v) is 2.38. The maximum atomic E-state index is 12.8. The number of nitrogens with one attached hydrogen (secondary N) is 1. The molecule has 0 spiro atoms. The molecule has 0 aliphatic heterocycles. The van der Waals surface area contributed by atoms with E-state index < -0.39 is 5.60 Å². The van der Waals surface area contributed by atoms with Crippen LogP contribution in [0.15, 0.2) is 48.5 Å². The molecule has 2 aromatic rings. The van der Waals surface area contributed by atoms with E-state index in [0.29, 0.717) is 6.42 Å². The first-order chi connectivity index (χ1) is 11.4. The molecule has 0 saturated heterocycles. The number of amides is 1. The van der Waals surface area contributed by atoms with Crippen molar-refractivity contribution < 1.29 is 19.0 Å². The molecule has 0 heterocycles. The second-order valence-electron chi connectivity index (χ2n) is 6.10. The molecular formula is C19H22FNO3. The summed E-state index contributed by atoms with van der Waals surface area (Å²) < 4.78 is 17.9. The summed E-state index contributed by atoms with van der Waals surface area (Å²) in [6, 6.07) is 13.2. The molecule has 0 aromatic heterocycles. The zero-order chi connectivity index (χ0) is 17.6. The Hall–Kier alpha value is -2.40. The van der Waals surface area contributed by atoms with Crippen LogP contribution < -0.4 is 10.1 Å². The number of carbonyl (C=O) groups is 1. The van der Waals surface area contributed by atoms with Crippen molar-refractivity contribution in [2.45, 2.75) is 25.4 Å². The van der Waals surface area contributed by atoms with Gasteiger partial charge in [0.1, 0.15) is 11.6 Å². The Kier molecular flexibility index (Phi) is 5.93. The van der Waals surface area contributed by atoms with Crippen LogP contribution in [0.1, 0.15) is 18.1 Å². The highest BCUT2D eigenvalue weighted by atomic mass is 19.1. The van der Waals surface area contributed by atoms with Crippen LogP contribution in [-0.4, -0.2) is 30.3 Å². The molecule has 2 aromatic carbocycles. The molecule has 1 amide bonds. The minimum absolute atomic E-state index is 0.138. The fraction of sp³-hybridized carbons (Fsp3) is 0.316. The van der Waals surface area contributed by atoms with Crippen molar-refractivity contribution in [1.82, 2.24) is 5.32 Å². The summed E-state index contributed by atoms with van der Waals surface area (Å²) in [6.45, 7) is 1.81. The molecular weight excluding hydrogens is 309 g/mol. The maximum absolute atomic E-state index is 12.8. The summed E-state index contributed by atoms with van der Waals surface area (Å²) >= 11 is 0. The molecule has 128 valence electrons. The van der Waals surface area contributed by atoms with E-state index in [0.717, 1.165) is 16.9 Å². The van der Waals surface area contributed by atoms with Gasteiger partial charge in [0.2, 0.25) is 5.91 Å². The molecule has 24 heavy (non-hydrogen) atoms. The third kappa shape index (κ3) is 5.66. The Morgan fingerprint density at radius 3 is 2.29 bits per heavy atom. The number of methoxy groups -OCH3 is 1. The van der Waals surface area contributed by atoms with Gasteiger partial charge in [0.15, 0.2) is 0 Å². The van der Waals surface area contributed by atoms with E-state index in [9.17, 15) is 14.3 Å². The van der Waals surface area contributed by atoms with E-state index in [2.05, 4.69) is 5.32 Å². The lowest BCUT2D eigenvalue weighted by Gasteiger charge is -2.24. The normalized spacial score (nSPS) is 13.2. The van der Waals surface area contributed by atoms with Gasteiger partial charge in [0.05, 0.1) is 19.1 Å². The molecule has 0 bridgehead atoms. The number of carbonyl (C=O) groups excluding carboxylic acids is 1. The van der Waals surface area contributed by atoms with Gasteiger partial charge in [-0.25, -0.2) is 4.39 Å². The highest BCUT2D eigenvalue weighted by Gasteiger charge is 2.22. The molecule has 4 nitrogen and oxygen atoms in total. The zero-order valence-electron chi connectivity index (χ0n) is 13.9. The smallest absolute Gasteiger partial charge is 0.224 e. The number of benzene rings is 2. The number of hydrogen-bond acceptors (Lipinski definition) is 3. The quantitative estimate of drug-likeness (QED) is 0.819. The molecule has 2 N–H and O–H groups in total. The number of rotatable bonds is 7. The summed E-state index contributed by atoms with van der Waals surface area (Å²) in [7, 11) is 1.60. The van der Waals surface area contributed by atoms with E-state index in [-0.39, 0.29) is 24.7 Å². The first-order valence-electron chi connectivity index (χ1n) is 7.74. The van der Waals surface area contributed by atoms with Gasteiger partial charge in [-0.05, 0) is 42.3 Å². The molecule has 0 radical (unpaired) electrons. The van der Waals surface area contributed by atoms with Crippen molar-refractivity contribution in [3.63, 3.8) is 0 Å². The van der Waals surface area contributed by atoms with Gasteiger partial charge in [-0.2, -0.15) is 0 Å². The standard InChI is InChI=1S/C19H22FNO3/c1-19(23,12-15-5-9-17(24-2)10-6-15)13-21-18(22)11-14-3-7-16(20)8-4-14/h3-10,23H,11-13H2,1-2H3,(H,21,22)/t19-/m0/s1. The van der Waals surface area contributed by atoms with Crippen LogP contribution in [0.5, 0.6) is 5.75 Å². The summed E-state index contributed by atoms with van der Waals surface area (Å²) in [4.78, 5) is 11.9. The van der Waals surface area contributed by atoms with Crippen LogP contribution in [-0.2, 0) is 17.6 Å². The second-order valence-corrected chi connectivity index (χ2v) is 6.10. The average molecular weight is 331 g/mol. The largest absolute Gasteiger partial charge is 0.497 e. The lowest BCUT2D eigenvalue weighted by molar-refractivity contribution is -0.121. The van der Waals surface area contributed by atoms with Crippen LogP contribution in [0.25, 0.3) is 0 Å². The number of hydrogen-bond donors (Lipinski definition) is 2. The van der Waals surface area contributed by atoms with Crippen LogP contribution in [0.4, 0.5) is 4.39 Å². The summed E-state index contributed by atoms with van der Waals surface area (Å²) in [6.07, 6.45) is 0.562. The molecule has 0 saturated carbocycles. The number of aliphatic hydroxyl groups is 1. The van der Waals surface area contributed by atoms with E-state index >= 15 is 0 Å². The summed E-state index contributed by atoms with van der Waals surface area (Å²) in [5, 5.41) is 13.2. The molecule has 0 aliphatic rings. The zero-order valence-corrected chi connectivity index (χ0v) is 13.9. The van der Waals surface area contributed by atoms with Gasteiger partial charge < -0.3 is 15.2 Å². The molecule has 0 fully saturated rings. The van der Waals surface area contributed by atoms with Gasteiger partial charge in [-0.15, -0.1) is 0 Å². The molecule has 5 heteroatoms. The van der Waals surface area contributed by atoms with Crippen molar-refractivity contribution in [3.8, 4) is 5.75 Å². The van der Waals surface area contributed by atoms with Crippen molar-refractivity contribution in [2.24, 2.45) is 0 Å².